The number of nitrogens with one attached hydrogen (secondary N) is 1. The minimum atomic E-state index is -0.380. The normalized spacial score (nSPS) is 15.9. The number of rotatable bonds is 4. The first-order valence-electron chi connectivity index (χ1n) is 10.9. The summed E-state index contributed by atoms with van der Waals surface area (Å²) in [5.41, 5.74) is 7.01. The van der Waals surface area contributed by atoms with E-state index in [1.165, 1.54) is 0 Å². The molecule has 5 aromatic rings. The van der Waals surface area contributed by atoms with Crippen LogP contribution in [0.5, 0.6) is 0 Å². The molecule has 6 heterocycles. The number of hydrogen-bond acceptors (Lipinski definition) is 5. The first-order valence-corrected chi connectivity index (χ1v) is 10.9. The number of amides is 1. The van der Waals surface area contributed by atoms with Gasteiger partial charge in [0.05, 0.1) is 47.1 Å². The zero-order chi connectivity index (χ0) is 22.5. The summed E-state index contributed by atoms with van der Waals surface area (Å²) in [6.07, 6.45) is 5.93. The Balaban J connectivity index is 1.44. The van der Waals surface area contributed by atoms with Crippen molar-refractivity contribution in [2.75, 3.05) is 13.7 Å². The number of H-pyrrole nitrogens is 1. The fourth-order valence-corrected chi connectivity index (χ4v) is 4.70. The quantitative estimate of drug-likeness (QED) is 0.463. The summed E-state index contributed by atoms with van der Waals surface area (Å²) in [6, 6.07) is 11.6. The molecule has 1 aliphatic heterocycles. The summed E-state index contributed by atoms with van der Waals surface area (Å²) in [6.45, 7) is 3.07. The van der Waals surface area contributed by atoms with Gasteiger partial charge < -0.3 is 14.6 Å². The molecule has 166 valence electrons. The van der Waals surface area contributed by atoms with Crippen molar-refractivity contribution in [2.45, 2.75) is 26.0 Å². The van der Waals surface area contributed by atoms with Gasteiger partial charge in [0, 0.05) is 37.7 Å². The molecule has 1 unspecified atom stereocenters. The van der Waals surface area contributed by atoms with Crippen LogP contribution in [0, 0.1) is 6.92 Å². The zero-order valence-corrected chi connectivity index (χ0v) is 18.4. The number of imidazole rings is 1. The van der Waals surface area contributed by atoms with E-state index < -0.39 is 0 Å². The van der Waals surface area contributed by atoms with Gasteiger partial charge in [-0.05, 0) is 36.8 Å². The van der Waals surface area contributed by atoms with Gasteiger partial charge in [-0.3, -0.25) is 4.79 Å². The van der Waals surface area contributed by atoms with Crippen LogP contribution in [-0.2, 0) is 17.8 Å². The van der Waals surface area contributed by atoms with Crippen LogP contribution in [0.25, 0.3) is 11.0 Å². The maximum atomic E-state index is 13.9. The summed E-state index contributed by atoms with van der Waals surface area (Å²) in [5, 5.41) is 9.28. The number of aromatic amines is 1. The molecule has 0 saturated heterocycles. The number of methoxy groups -OCH3 is 1. The van der Waals surface area contributed by atoms with E-state index in [1.807, 2.05) is 58.9 Å². The topological polar surface area (TPSA) is 92.8 Å². The summed E-state index contributed by atoms with van der Waals surface area (Å²) >= 11 is 0. The summed E-state index contributed by atoms with van der Waals surface area (Å²) in [4.78, 5) is 23.5. The van der Waals surface area contributed by atoms with Crippen LogP contribution < -0.4 is 0 Å². The van der Waals surface area contributed by atoms with E-state index in [2.05, 4.69) is 15.1 Å². The molecule has 0 radical (unpaired) electrons. The molecule has 0 aromatic carbocycles. The van der Waals surface area contributed by atoms with Gasteiger partial charge in [-0.1, -0.05) is 12.1 Å². The maximum Gasteiger partial charge on any atom is 0.258 e. The molecule has 1 amide bonds. The lowest BCUT2D eigenvalue weighted by Crippen LogP contribution is -2.41. The Morgan fingerprint density at radius 3 is 3.03 bits per heavy atom. The lowest BCUT2D eigenvalue weighted by molar-refractivity contribution is 0.0689. The van der Waals surface area contributed by atoms with Crippen LogP contribution in [0.2, 0.25) is 0 Å². The summed E-state index contributed by atoms with van der Waals surface area (Å²) in [5.74, 6) is -0.0862. The highest BCUT2D eigenvalue weighted by molar-refractivity contribution is 6.01. The van der Waals surface area contributed by atoms with Crippen molar-refractivity contribution in [3.63, 3.8) is 0 Å². The van der Waals surface area contributed by atoms with Gasteiger partial charge in [0.1, 0.15) is 6.04 Å². The molecule has 5 aromatic heterocycles. The van der Waals surface area contributed by atoms with Crippen LogP contribution >= 0.6 is 0 Å². The van der Waals surface area contributed by atoms with E-state index in [-0.39, 0.29) is 11.9 Å². The monoisotopic (exact) mass is 441 g/mol. The van der Waals surface area contributed by atoms with Crippen LogP contribution in [0.4, 0.5) is 0 Å². The molecule has 9 heteroatoms. The maximum absolute atomic E-state index is 13.9. The van der Waals surface area contributed by atoms with Crippen molar-refractivity contribution in [1.82, 2.24) is 34.1 Å². The first-order chi connectivity index (χ1) is 16.1. The number of ether oxygens (including phenoxy) is 1. The highest BCUT2D eigenvalue weighted by atomic mass is 16.5. The van der Waals surface area contributed by atoms with Crippen LogP contribution in [0.3, 0.4) is 0 Å². The Hall–Kier alpha value is -3.98. The van der Waals surface area contributed by atoms with E-state index >= 15 is 0 Å². The highest BCUT2D eigenvalue weighted by Gasteiger charge is 2.37. The Morgan fingerprint density at radius 1 is 1.27 bits per heavy atom. The van der Waals surface area contributed by atoms with E-state index in [0.717, 1.165) is 39.4 Å². The number of aromatic nitrogens is 6. The molecular formula is C24H23N7O2. The number of fused-ring (bicyclic) bond motifs is 3. The molecule has 9 nitrogen and oxygen atoms in total. The predicted molar refractivity (Wildman–Crippen MR) is 121 cm³/mol. The third-order valence-corrected chi connectivity index (χ3v) is 6.28. The van der Waals surface area contributed by atoms with Crippen LogP contribution in [0.15, 0.2) is 55.1 Å². The highest BCUT2D eigenvalue weighted by Crippen LogP contribution is 2.35. The lowest BCUT2D eigenvalue weighted by atomic mass is 9.98. The predicted octanol–water partition coefficient (Wildman–Crippen LogP) is 2.95. The van der Waals surface area contributed by atoms with E-state index in [4.69, 9.17) is 9.84 Å². The fraction of sp³-hybridized carbons (Fsp3) is 0.250. The fourth-order valence-electron chi connectivity index (χ4n) is 4.70. The number of hydrogen-bond donors (Lipinski definition) is 1. The molecular weight excluding hydrogens is 418 g/mol. The molecule has 1 aliphatic rings. The van der Waals surface area contributed by atoms with Gasteiger partial charge in [0.15, 0.2) is 0 Å². The lowest BCUT2D eigenvalue weighted by Gasteiger charge is -2.33. The third-order valence-electron chi connectivity index (χ3n) is 6.28. The number of carbonyl (C=O) groups excluding carboxylic acids is 1. The van der Waals surface area contributed by atoms with E-state index in [1.54, 1.807) is 24.1 Å². The molecule has 0 spiro atoms. The van der Waals surface area contributed by atoms with Crippen molar-refractivity contribution in [2.24, 2.45) is 0 Å². The molecule has 0 fully saturated rings. The molecule has 1 atom stereocenters. The Morgan fingerprint density at radius 2 is 2.18 bits per heavy atom. The third kappa shape index (κ3) is 3.12. The molecule has 33 heavy (non-hydrogen) atoms. The van der Waals surface area contributed by atoms with E-state index in [9.17, 15) is 4.79 Å². The van der Waals surface area contributed by atoms with Crippen molar-refractivity contribution in [3.8, 4) is 0 Å². The Kier molecular flexibility index (Phi) is 4.51. The smallest absolute Gasteiger partial charge is 0.258 e. The standard InChI is InChI=1S/C24H23N7O2/c1-15-4-3-5-17-10-20(28-31(15)17)23-22-19(25-14-26-22)8-9-29(23)24(32)18-11-27-30-12-16(13-33-2)6-7-21(18)30/h3-7,10-12,14,23H,8-9,13H2,1-2H3,(H,25,26). The second kappa shape index (κ2) is 7.56. The molecule has 1 N–H and O–H groups in total. The number of carbonyl (C=O) groups is 1. The summed E-state index contributed by atoms with van der Waals surface area (Å²) < 4.78 is 8.85. The molecule has 0 saturated carbocycles. The van der Waals surface area contributed by atoms with Crippen molar-refractivity contribution < 1.29 is 9.53 Å². The van der Waals surface area contributed by atoms with Crippen LogP contribution in [0.1, 0.15) is 44.7 Å². The van der Waals surface area contributed by atoms with Crippen LogP contribution in [-0.4, -0.2) is 53.7 Å². The van der Waals surface area contributed by atoms with Gasteiger partial charge in [-0.25, -0.2) is 14.0 Å². The second-order valence-corrected chi connectivity index (χ2v) is 8.35. The van der Waals surface area contributed by atoms with Gasteiger partial charge in [0.2, 0.25) is 0 Å². The van der Waals surface area contributed by atoms with Gasteiger partial charge in [-0.2, -0.15) is 10.2 Å². The average Bonchev–Trinajstić information content (AvgIpc) is 3.56. The van der Waals surface area contributed by atoms with Crippen molar-refractivity contribution in [1.29, 1.82) is 0 Å². The number of pyridine rings is 2. The van der Waals surface area contributed by atoms with Gasteiger partial charge >= 0.3 is 0 Å². The molecule has 6 rings (SSSR count). The minimum absolute atomic E-state index is 0.0862. The second-order valence-electron chi connectivity index (χ2n) is 8.35. The average molecular weight is 441 g/mol. The van der Waals surface area contributed by atoms with Crippen molar-refractivity contribution in [3.05, 3.63) is 89.0 Å². The first kappa shape index (κ1) is 19.7. The van der Waals surface area contributed by atoms with Gasteiger partial charge in [0.25, 0.3) is 5.91 Å². The largest absolute Gasteiger partial charge is 0.380 e. The number of nitrogens with zero attached hydrogens (tertiary/aromatic N) is 6. The summed E-state index contributed by atoms with van der Waals surface area (Å²) in [7, 11) is 1.66. The zero-order valence-electron chi connectivity index (χ0n) is 18.4. The Labute approximate surface area is 189 Å². The molecule has 0 aliphatic carbocycles. The minimum Gasteiger partial charge on any atom is -0.380 e. The van der Waals surface area contributed by atoms with E-state index in [0.29, 0.717) is 25.1 Å². The molecule has 0 bridgehead atoms. The SMILES string of the molecule is COCc1ccc2c(C(=O)N3CCc4[nH]cnc4C3c3cc4cccc(C)n4n3)cnn2c1. The number of aryl methyl sites for hydroxylation is 1. The van der Waals surface area contributed by atoms with Crippen molar-refractivity contribution >= 4 is 16.9 Å². The Bertz CT molecular complexity index is 1500. The van der Waals surface area contributed by atoms with Gasteiger partial charge in [-0.15, -0.1) is 0 Å².